The molecule has 1 unspecified atom stereocenters. The number of ketones is 1. The van der Waals surface area contributed by atoms with Gasteiger partial charge in [-0.1, -0.05) is 36.2 Å². The van der Waals surface area contributed by atoms with Gasteiger partial charge in [-0.15, -0.1) is 0 Å². The first-order valence-corrected chi connectivity index (χ1v) is 14.6. The number of aliphatic hydroxyl groups excluding tert-OH is 2. The van der Waals surface area contributed by atoms with Crippen LogP contribution in [-0.2, 0) is 0 Å². The molecule has 1 atom stereocenters. The van der Waals surface area contributed by atoms with Gasteiger partial charge in [0.2, 0.25) is 0 Å². The number of ether oxygens (including phenoxy) is 1. The van der Waals surface area contributed by atoms with E-state index in [2.05, 4.69) is 6.58 Å². The van der Waals surface area contributed by atoms with Gasteiger partial charge in [0.15, 0.2) is 17.5 Å². The molecule has 11 heteroatoms. The highest BCUT2D eigenvalue weighted by molar-refractivity contribution is 7.99. The molecule has 4 rings (SSSR count). The molecule has 3 N–H and O–H groups in total. The van der Waals surface area contributed by atoms with E-state index in [4.69, 9.17) is 9.84 Å². The van der Waals surface area contributed by atoms with Crippen LogP contribution in [0.25, 0.3) is 0 Å². The Morgan fingerprint density at radius 3 is 1.91 bits per heavy atom. The molecule has 0 aliphatic carbocycles. The Kier molecular flexibility index (Phi) is 13.2. The van der Waals surface area contributed by atoms with E-state index in [1.807, 2.05) is 0 Å². The Morgan fingerprint density at radius 1 is 0.841 bits per heavy atom. The number of hydrogen-bond acceptors (Lipinski definition) is 5. The minimum atomic E-state index is -1.51. The lowest BCUT2D eigenvalue weighted by atomic mass is 10.0. The molecule has 0 amide bonds. The van der Waals surface area contributed by atoms with Crippen molar-refractivity contribution in [2.24, 2.45) is 0 Å². The fourth-order valence-corrected chi connectivity index (χ4v) is 5.13. The quantitative estimate of drug-likeness (QED) is 0.0564. The third kappa shape index (κ3) is 10.4. The Labute approximate surface area is 259 Å². The summed E-state index contributed by atoms with van der Waals surface area (Å²) in [5.74, 6) is -4.46. The first-order valence-electron chi connectivity index (χ1n) is 12.9. The van der Waals surface area contributed by atoms with Gasteiger partial charge in [-0.05, 0) is 91.9 Å². The Bertz CT molecular complexity index is 1580. The van der Waals surface area contributed by atoms with Crippen LogP contribution in [0.5, 0.6) is 5.75 Å². The van der Waals surface area contributed by atoms with E-state index >= 15 is 0 Å². The van der Waals surface area contributed by atoms with Crippen LogP contribution >= 0.6 is 23.5 Å². The first kappa shape index (κ1) is 34.6. The lowest BCUT2D eigenvalue weighted by Crippen LogP contribution is -2.21. The maximum atomic E-state index is 14.8. The second-order valence-corrected chi connectivity index (χ2v) is 11.3. The van der Waals surface area contributed by atoms with E-state index in [0.29, 0.717) is 26.0 Å². The van der Waals surface area contributed by atoms with Gasteiger partial charge in [0.1, 0.15) is 24.3 Å². The zero-order valence-corrected chi connectivity index (χ0v) is 24.9. The molecule has 0 bridgehead atoms. The molecule has 0 radical (unpaired) electrons. The summed E-state index contributed by atoms with van der Waals surface area (Å²) in [4.78, 5) is 12.5. The van der Waals surface area contributed by atoms with E-state index in [-0.39, 0.29) is 28.7 Å². The number of rotatable bonds is 11. The molecule has 0 aliphatic rings. The maximum Gasteiger partial charge on any atom is 0.354 e. The van der Waals surface area contributed by atoms with Gasteiger partial charge in [0.05, 0.1) is 23.6 Å². The zero-order chi connectivity index (χ0) is 32.2. The molecule has 0 saturated heterocycles. The van der Waals surface area contributed by atoms with Crippen molar-refractivity contribution >= 4 is 29.3 Å². The molecular weight excluding hydrogens is 619 g/mol. The third-order valence-corrected chi connectivity index (χ3v) is 7.62. The van der Waals surface area contributed by atoms with Gasteiger partial charge >= 0.3 is 5.78 Å². The molecule has 44 heavy (non-hydrogen) atoms. The van der Waals surface area contributed by atoms with Gasteiger partial charge in [0.25, 0.3) is 0 Å². The van der Waals surface area contributed by atoms with Crippen LogP contribution < -0.4 is 4.74 Å². The van der Waals surface area contributed by atoms with E-state index in [1.165, 1.54) is 25.1 Å². The molecule has 230 valence electrons. The largest absolute Gasteiger partial charge is 0.491 e. The minimum Gasteiger partial charge on any atom is -0.491 e. The van der Waals surface area contributed by atoms with Gasteiger partial charge < -0.3 is 14.9 Å². The van der Waals surface area contributed by atoms with Crippen LogP contribution in [0.15, 0.2) is 123 Å². The Balaban J connectivity index is 0.000000801. The SMILES string of the molecule is C=C/C=C(\C)F.OCC(O)COc1ccc(C(=[OH+])c2ccc(Sc3ccc(Sc4cc(F)c(F)c(F)c4)cc3)c(F)c2)cc1. The van der Waals surface area contributed by atoms with Crippen molar-refractivity contribution in [3.05, 3.63) is 138 Å². The topological polar surface area (TPSA) is 71.1 Å². The average molecular weight is 648 g/mol. The predicted molar refractivity (Wildman–Crippen MR) is 163 cm³/mol. The summed E-state index contributed by atoms with van der Waals surface area (Å²) >= 11 is 2.23. The van der Waals surface area contributed by atoms with E-state index in [0.717, 1.165) is 35.7 Å². The smallest absolute Gasteiger partial charge is 0.354 e. The molecule has 0 aliphatic heterocycles. The van der Waals surface area contributed by atoms with Crippen molar-refractivity contribution in [1.29, 1.82) is 0 Å². The van der Waals surface area contributed by atoms with Crippen LogP contribution in [0.3, 0.4) is 0 Å². The van der Waals surface area contributed by atoms with Crippen LogP contribution in [-0.4, -0.2) is 40.1 Å². The third-order valence-electron chi connectivity index (χ3n) is 5.58. The lowest BCUT2D eigenvalue weighted by Gasteiger charge is -2.09. The van der Waals surface area contributed by atoms with E-state index in [9.17, 15) is 31.9 Å². The normalized spacial score (nSPS) is 11.8. The monoisotopic (exact) mass is 647 g/mol. The number of benzene rings is 4. The van der Waals surface area contributed by atoms with E-state index in [1.54, 1.807) is 60.7 Å². The Hall–Kier alpha value is -3.90. The van der Waals surface area contributed by atoms with Crippen LogP contribution in [0.4, 0.5) is 22.0 Å². The molecule has 0 fully saturated rings. The number of carbonyl (C=O) groups excluding carboxylic acids is 1. The lowest BCUT2D eigenvalue weighted by molar-refractivity contribution is 0.0536. The molecule has 0 heterocycles. The summed E-state index contributed by atoms with van der Waals surface area (Å²) in [6.07, 6.45) is 1.72. The fraction of sp³-hybridized carbons (Fsp3) is 0.121. The van der Waals surface area contributed by atoms with Crippen molar-refractivity contribution in [3.63, 3.8) is 0 Å². The summed E-state index contributed by atoms with van der Waals surface area (Å²) in [6.45, 7) is 4.17. The molecule has 4 aromatic carbocycles. The van der Waals surface area contributed by atoms with Crippen LogP contribution in [0.2, 0.25) is 0 Å². The van der Waals surface area contributed by atoms with Crippen molar-refractivity contribution in [1.82, 2.24) is 0 Å². The Morgan fingerprint density at radius 2 is 1.41 bits per heavy atom. The highest BCUT2D eigenvalue weighted by Crippen LogP contribution is 2.34. The minimum absolute atomic E-state index is 0.0777. The molecule has 0 saturated carbocycles. The average Bonchev–Trinajstić information content (AvgIpc) is 3.00. The summed E-state index contributed by atoms with van der Waals surface area (Å²) in [6, 6.07) is 19.4. The standard InChI is InChI=1S/C28H20F4O4S2.C5H7F/c29-23-11-17(28(35)16-1-4-19(5-2-16)36-15-18(34)14-33)3-10-26(23)38-21-8-6-20(7-9-21)37-22-12-24(30)27(32)25(31)13-22;1-3-4-5(2)6/h1-13,18,33-34H,14-15H2;3-4H,1H2,2H3/p+1/b;5-4+. The summed E-state index contributed by atoms with van der Waals surface area (Å²) in [5.41, 5.74) is 0.718. The highest BCUT2D eigenvalue weighted by Gasteiger charge is 2.19. The number of hydrogen-bond donors (Lipinski definition) is 2. The summed E-state index contributed by atoms with van der Waals surface area (Å²) in [5, 5.41) is 18.2. The van der Waals surface area contributed by atoms with Crippen LogP contribution in [0, 0.1) is 23.3 Å². The number of halogens is 5. The van der Waals surface area contributed by atoms with Crippen LogP contribution in [0.1, 0.15) is 18.1 Å². The van der Waals surface area contributed by atoms with E-state index < -0.39 is 36.0 Å². The van der Waals surface area contributed by atoms with Crippen molar-refractivity contribution in [3.8, 4) is 5.75 Å². The summed E-state index contributed by atoms with van der Waals surface area (Å²) in [7, 11) is 0. The second kappa shape index (κ2) is 16.8. The van der Waals surface area contributed by atoms with Crippen molar-refractivity contribution in [2.75, 3.05) is 13.2 Å². The van der Waals surface area contributed by atoms with Crippen molar-refractivity contribution < 1.29 is 41.7 Å². The van der Waals surface area contributed by atoms with Gasteiger partial charge in [0, 0.05) is 19.6 Å². The zero-order valence-electron chi connectivity index (χ0n) is 23.3. The number of aliphatic hydroxyl groups is 2. The van der Waals surface area contributed by atoms with Gasteiger partial charge in [-0.3, -0.25) is 4.79 Å². The fourth-order valence-electron chi connectivity index (χ4n) is 3.44. The molecule has 4 aromatic rings. The highest BCUT2D eigenvalue weighted by atomic mass is 32.2. The predicted octanol–water partition coefficient (Wildman–Crippen LogP) is 8.26. The first-order chi connectivity index (χ1) is 21.0. The number of allylic oxidation sites excluding steroid dienone is 3. The molecular formula is C33H28F5O4S2+. The van der Waals surface area contributed by atoms with Crippen molar-refractivity contribution in [2.45, 2.75) is 32.6 Å². The summed E-state index contributed by atoms with van der Waals surface area (Å²) < 4.78 is 71.7. The maximum absolute atomic E-state index is 14.8. The molecule has 4 nitrogen and oxygen atoms in total. The second-order valence-electron chi connectivity index (χ2n) is 9.03. The molecule has 0 aromatic heterocycles. The van der Waals surface area contributed by atoms with Gasteiger partial charge in [-0.2, -0.15) is 0 Å². The molecule has 0 spiro atoms. The van der Waals surface area contributed by atoms with Gasteiger partial charge in [-0.25, -0.2) is 22.0 Å².